The van der Waals surface area contributed by atoms with Crippen LogP contribution >= 0.6 is 0 Å². The van der Waals surface area contributed by atoms with Crippen molar-refractivity contribution in [2.45, 2.75) is 65.9 Å². The molecule has 0 aliphatic heterocycles. The quantitative estimate of drug-likeness (QED) is 0.576. The monoisotopic (exact) mass is 320 g/mol. The van der Waals surface area contributed by atoms with E-state index in [4.69, 9.17) is 5.11 Å². The Morgan fingerprint density at radius 3 is 2.48 bits per heavy atom. The smallest absolute Gasteiger partial charge is 0.328 e. The number of carbonyl (C=O) groups is 2. The number of aliphatic hydroxyl groups is 1. The molecule has 1 aliphatic rings. The van der Waals surface area contributed by atoms with Crippen LogP contribution in [0.15, 0.2) is 34.9 Å². The maximum absolute atomic E-state index is 12.4. The Morgan fingerprint density at radius 1 is 1.35 bits per heavy atom. The first-order valence-corrected chi connectivity index (χ1v) is 8.11. The molecule has 0 aromatic heterocycles. The van der Waals surface area contributed by atoms with Crippen molar-refractivity contribution in [1.29, 1.82) is 0 Å². The number of hydrogen-bond acceptors (Lipinski definition) is 3. The molecule has 0 saturated heterocycles. The molecule has 1 aliphatic carbocycles. The van der Waals surface area contributed by atoms with Gasteiger partial charge in [0, 0.05) is 17.9 Å². The molecule has 0 aromatic carbocycles. The highest BCUT2D eigenvalue weighted by Crippen LogP contribution is 2.47. The van der Waals surface area contributed by atoms with Gasteiger partial charge in [-0.2, -0.15) is 0 Å². The largest absolute Gasteiger partial charge is 0.478 e. The Hall–Kier alpha value is -1.68. The molecule has 4 heteroatoms. The molecule has 0 aromatic rings. The van der Waals surface area contributed by atoms with E-state index >= 15 is 0 Å². The molecule has 128 valence electrons. The maximum Gasteiger partial charge on any atom is 0.328 e. The average Bonchev–Trinajstić information content (AvgIpc) is 2.42. The van der Waals surface area contributed by atoms with Crippen molar-refractivity contribution in [3.8, 4) is 0 Å². The van der Waals surface area contributed by atoms with Crippen LogP contribution in [0, 0.1) is 5.41 Å². The highest BCUT2D eigenvalue weighted by molar-refractivity contribution is 5.98. The van der Waals surface area contributed by atoms with E-state index in [1.807, 2.05) is 20.8 Å². The summed E-state index contributed by atoms with van der Waals surface area (Å²) in [5.74, 6) is -0.912. The summed E-state index contributed by atoms with van der Waals surface area (Å²) in [4.78, 5) is 23.1. The first-order valence-electron chi connectivity index (χ1n) is 8.11. The van der Waals surface area contributed by atoms with E-state index in [-0.39, 0.29) is 12.2 Å². The summed E-state index contributed by atoms with van der Waals surface area (Å²) in [7, 11) is 0. The first-order chi connectivity index (χ1) is 10.5. The molecule has 0 heterocycles. The highest BCUT2D eigenvalue weighted by atomic mass is 16.4. The molecular weight excluding hydrogens is 292 g/mol. The van der Waals surface area contributed by atoms with E-state index in [0.717, 1.165) is 24.5 Å². The van der Waals surface area contributed by atoms with Crippen molar-refractivity contribution in [2.24, 2.45) is 5.41 Å². The van der Waals surface area contributed by atoms with E-state index < -0.39 is 17.0 Å². The van der Waals surface area contributed by atoms with Gasteiger partial charge in [-0.25, -0.2) is 4.79 Å². The van der Waals surface area contributed by atoms with Gasteiger partial charge < -0.3 is 10.2 Å². The fourth-order valence-electron chi connectivity index (χ4n) is 3.12. The first kappa shape index (κ1) is 19.4. The number of rotatable bonds is 6. The van der Waals surface area contributed by atoms with Gasteiger partial charge >= 0.3 is 5.97 Å². The van der Waals surface area contributed by atoms with Gasteiger partial charge in [0.25, 0.3) is 0 Å². The molecule has 0 saturated carbocycles. The maximum atomic E-state index is 12.4. The number of hydrogen-bond donors (Lipinski definition) is 2. The Morgan fingerprint density at radius 2 is 1.96 bits per heavy atom. The molecule has 0 radical (unpaired) electrons. The number of carboxylic acids is 1. The number of carboxylic acid groups (broad SMARTS) is 1. The molecule has 0 bridgehead atoms. The summed E-state index contributed by atoms with van der Waals surface area (Å²) in [6.45, 7) is 9.28. The van der Waals surface area contributed by atoms with Crippen LogP contribution in [-0.2, 0) is 9.59 Å². The number of allylic oxidation sites excluding steroid dienone is 3. The summed E-state index contributed by atoms with van der Waals surface area (Å²) >= 11 is 0. The normalized spacial score (nSPS) is 25.3. The Balaban J connectivity index is 3.31. The third-order valence-corrected chi connectivity index (χ3v) is 4.71. The lowest BCUT2D eigenvalue weighted by molar-refractivity contribution is -0.131. The van der Waals surface area contributed by atoms with E-state index in [1.165, 1.54) is 0 Å². The number of aliphatic carboxylic acids is 1. The zero-order chi connectivity index (χ0) is 17.8. The number of Topliss-reactive ketones (excluding diaryl/α,β-unsaturated/α-hetero) is 1. The highest BCUT2D eigenvalue weighted by Gasteiger charge is 2.49. The van der Waals surface area contributed by atoms with Crippen molar-refractivity contribution < 1.29 is 19.8 Å². The third kappa shape index (κ3) is 4.20. The predicted molar refractivity (Wildman–Crippen MR) is 91.1 cm³/mol. The molecule has 1 rings (SSSR count). The van der Waals surface area contributed by atoms with Crippen LogP contribution in [0.1, 0.15) is 60.3 Å². The van der Waals surface area contributed by atoms with Crippen molar-refractivity contribution in [2.75, 3.05) is 0 Å². The molecule has 0 unspecified atom stereocenters. The lowest BCUT2D eigenvalue weighted by Crippen LogP contribution is -2.49. The van der Waals surface area contributed by atoms with Gasteiger partial charge in [0.05, 0.1) is 0 Å². The Kier molecular flexibility index (Phi) is 6.11. The topological polar surface area (TPSA) is 74.6 Å². The van der Waals surface area contributed by atoms with Crippen LogP contribution in [0.2, 0.25) is 0 Å². The summed E-state index contributed by atoms with van der Waals surface area (Å²) in [6, 6.07) is 0. The van der Waals surface area contributed by atoms with Gasteiger partial charge in [0.1, 0.15) is 5.60 Å². The van der Waals surface area contributed by atoms with Crippen molar-refractivity contribution in [3.63, 3.8) is 0 Å². The predicted octanol–water partition coefficient (Wildman–Crippen LogP) is 3.81. The summed E-state index contributed by atoms with van der Waals surface area (Å²) in [5.41, 5.74) is 0.0629. The zero-order valence-electron chi connectivity index (χ0n) is 14.8. The van der Waals surface area contributed by atoms with Crippen LogP contribution in [0.5, 0.6) is 0 Å². The van der Waals surface area contributed by atoms with E-state index in [1.54, 1.807) is 19.1 Å². The number of unbranched alkanes of at least 4 members (excludes halogenated alkanes) is 1. The second-order valence-electron chi connectivity index (χ2n) is 7.02. The third-order valence-electron chi connectivity index (χ3n) is 4.71. The molecule has 4 nitrogen and oxygen atoms in total. The minimum absolute atomic E-state index is 0.108. The summed E-state index contributed by atoms with van der Waals surface area (Å²) in [5, 5.41) is 20.1. The van der Waals surface area contributed by atoms with Crippen LogP contribution < -0.4 is 0 Å². The molecule has 23 heavy (non-hydrogen) atoms. The lowest BCUT2D eigenvalue weighted by Gasteiger charge is -2.46. The van der Waals surface area contributed by atoms with E-state index in [2.05, 4.69) is 6.92 Å². The molecule has 0 amide bonds. The zero-order valence-corrected chi connectivity index (χ0v) is 14.8. The fraction of sp³-hybridized carbons (Fsp3) is 0.579. The van der Waals surface area contributed by atoms with Gasteiger partial charge in [0.2, 0.25) is 0 Å². The minimum Gasteiger partial charge on any atom is -0.478 e. The summed E-state index contributed by atoms with van der Waals surface area (Å²) < 4.78 is 0. The van der Waals surface area contributed by atoms with Gasteiger partial charge in [-0.05, 0) is 49.5 Å². The Labute approximate surface area is 138 Å². The van der Waals surface area contributed by atoms with Gasteiger partial charge in [-0.3, -0.25) is 4.79 Å². The standard InChI is InChI=1S/C19H28O4/c1-6-7-8-15-14(3)19(23,18(4,5)12-16(15)20)10-9-13(2)11-17(21)22/h9-11,23H,6-8,12H2,1-5H3,(H,21,22)/b10-9+,13-11-/t19-/m0/s1. The molecular formula is C19H28O4. The van der Waals surface area contributed by atoms with Crippen molar-refractivity contribution in [3.05, 3.63) is 34.9 Å². The fourth-order valence-corrected chi connectivity index (χ4v) is 3.12. The SMILES string of the molecule is CCCCC1=C(C)[C@@](O)(/C=C/C(C)=C\C(=O)O)C(C)(C)CC1=O. The van der Waals surface area contributed by atoms with Crippen molar-refractivity contribution in [1.82, 2.24) is 0 Å². The number of ketones is 1. The lowest BCUT2D eigenvalue weighted by atomic mass is 9.62. The van der Waals surface area contributed by atoms with Gasteiger partial charge in [0.15, 0.2) is 5.78 Å². The van der Waals surface area contributed by atoms with Gasteiger partial charge in [-0.15, -0.1) is 0 Å². The summed E-state index contributed by atoms with van der Waals surface area (Å²) in [6.07, 6.45) is 7.21. The Bertz CT molecular complexity index is 578. The second kappa shape index (κ2) is 7.26. The molecule has 0 fully saturated rings. The molecule has 0 spiro atoms. The second-order valence-corrected chi connectivity index (χ2v) is 7.02. The van der Waals surface area contributed by atoms with E-state index in [0.29, 0.717) is 17.6 Å². The van der Waals surface area contributed by atoms with Gasteiger partial charge in [-0.1, -0.05) is 33.3 Å². The molecule has 2 N–H and O–H groups in total. The number of carbonyl (C=O) groups excluding carboxylic acids is 1. The minimum atomic E-state index is -1.25. The van der Waals surface area contributed by atoms with Crippen LogP contribution in [0.4, 0.5) is 0 Å². The van der Waals surface area contributed by atoms with Crippen molar-refractivity contribution >= 4 is 11.8 Å². The molecule has 1 atom stereocenters. The van der Waals surface area contributed by atoms with Crippen LogP contribution in [0.25, 0.3) is 0 Å². The van der Waals surface area contributed by atoms with Crippen LogP contribution in [0.3, 0.4) is 0 Å². The van der Waals surface area contributed by atoms with E-state index in [9.17, 15) is 14.7 Å². The average molecular weight is 320 g/mol. The van der Waals surface area contributed by atoms with Crippen LogP contribution in [-0.4, -0.2) is 27.6 Å².